The van der Waals surface area contributed by atoms with Crippen molar-refractivity contribution in [2.75, 3.05) is 27.2 Å². The Morgan fingerprint density at radius 1 is 1.36 bits per heavy atom. The monoisotopic (exact) mass is 155 g/mol. The van der Waals surface area contributed by atoms with Crippen LogP contribution < -0.4 is 0 Å². The molecule has 1 rings (SSSR count). The van der Waals surface area contributed by atoms with Crippen LogP contribution in [0.5, 0.6) is 0 Å². The fourth-order valence-electron chi connectivity index (χ4n) is 0.783. The van der Waals surface area contributed by atoms with Gasteiger partial charge < -0.3 is 9.80 Å². The number of hydrogen-bond donors (Lipinski definition) is 0. The molecule has 1 heterocycles. The topological polar surface area (TPSA) is 47.3 Å². The van der Waals surface area contributed by atoms with Gasteiger partial charge in [-0.25, -0.2) is 4.79 Å². The summed E-state index contributed by atoms with van der Waals surface area (Å²) in [5.74, 6) is 0. The predicted molar refractivity (Wildman–Crippen MR) is 41.9 cm³/mol. The lowest BCUT2D eigenvalue weighted by Crippen LogP contribution is -2.25. The third-order valence-corrected chi connectivity index (χ3v) is 1.42. The number of amides is 2. The molecule has 0 aliphatic carbocycles. The zero-order chi connectivity index (χ0) is 8.85. The quantitative estimate of drug-likeness (QED) is 0.511. The summed E-state index contributed by atoms with van der Waals surface area (Å²) in [4.78, 5) is 14.2. The Bertz CT molecular complexity index is 161. The van der Waals surface area contributed by atoms with Crippen molar-refractivity contribution in [2.24, 2.45) is 0 Å². The van der Waals surface area contributed by atoms with Gasteiger partial charge in [0.15, 0.2) is 0 Å². The van der Waals surface area contributed by atoms with Crippen molar-refractivity contribution in [3.05, 3.63) is 0 Å². The summed E-state index contributed by atoms with van der Waals surface area (Å²) in [7, 11) is 3.62. The van der Waals surface area contributed by atoms with Gasteiger partial charge in [-0.1, -0.05) is 0 Å². The van der Waals surface area contributed by atoms with Gasteiger partial charge in [0.25, 0.3) is 0 Å². The molecule has 1 aliphatic heterocycles. The molecule has 0 spiro atoms. The molecule has 0 bridgehead atoms. The molecule has 1 fully saturated rings. The maximum atomic E-state index is 10.8. The van der Waals surface area contributed by atoms with Gasteiger partial charge in [0.2, 0.25) is 0 Å². The first-order valence-electron chi connectivity index (χ1n) is 3.40. The summed E-state index contributed by atoms with van der Waals surface area (Å²) < 4.78 is 0. The molecule has 0 unspecified atom stereocenters. The molecule has 0 radical (unpaired) electrons. The van der Waals surface area contributed by atoms with Gasteiger partial charge in [-0.05, 0) is 0 Å². The number of nitriles is 1. The van der Waals surface area contributed by atoms with E-state index in [-0.39, 0.29) is 6.03 Å². The fraction of sp³-hybridized carbons (Fsp3) is 0.714. The van der Waals surface area contributed by atoms with Gasteiger partial charge in [0.05, 0.1) is 6.07 Å². The Balaban J connectivity index is 0.000000292. The van der Waals surface area contributed by atoms with E-state index >= 15 is 0 Å². The van der Waals surface area contributed by atoms with Crippen LogP contribution in [0.3, 0.4) is 0 Å². The van der Waals surface area contributed by atoms with E-state index in [1.54, 1.807) is 15.9 Å². The number of hydrogen-bond acceptors (Lipinski definition) is 2. The van der Waals surface area contributed by atoms with Crippen molar-refractivity contribution < 1.29 is 4.79 Å². The maximum absolute atomic E-state index is 10.8. The first-order valence-corrected chi connectivity index (χ1v) is 3.40. The second kappa shape index (κ2) is 4.56. The average molecular weight is 155 g/mol. The first-order chi connectivity index (χ1) is 5.13. The van der Waals surface area contributed by atoms with Crippen molar-refractivity contribution in [2.45, 2.75) is 6.92 Å². The average Bonchev–Trinajstić information content (AvgIpc) is 2.22. The minimum Gasteiger partial charge on any atom is -0.326 e. The molecule has 0 atom stereocenters. The van der Waals surface area contributed by atoms with E-state index in [1.807, 2.05) is 14.1 Å². The zero-order valence-corrected chi connectivity index (χ0v) is 7.16. The van der Waals surface area contributed by atoms with Crippen LogP contribution in [-0.2, 0) is 0 Å². The number of urea groups is 1. The number of nitrogens with zero attached hydrogens (tertiary/aromatic N) is 3. The van der Waals surface area contributed by atoms with E-state index in [9.17, 15) is 4.79 Å². The zero-order valence-electron chi connectivity index (χ0n) is 7.16. The maximum Gasteiger partial charge on any atom is 0.319 e. The molecule has 4 heteroatoms. The Hall–Kier alpha value is -1.24. The standard InChI is InChI=1S/C5H10N2O.C2H3N/c1-6-3-4-7(2)5(6)8;1-2-3/h3-4H2,1-2H3;1H3. The summed E-state index contributed by atoms with van der Waals surface area (Å²) in [6, 6.07) is 1.88. The minimum absolute atomic E-state index is 0.130. The van der Waals surface area contributed by atoms with Crippen LogP contribution in [0, 0.1) is 11.3 Å². The SMILES string of the molecule is CC#N.CN1CCN(C)C1=O. The van der Waals surface area contributed by atoms with Gasteiger partial charge >= 0.3 is 6.03 Å². The highest BCUT2D eigenvalue weighted by atomic mass is 16.2. The summed E-state index contributed by atoms with van der Waals surface area (Å²) in [5.41, 5.74) is 0. The molecule has 4 nitrogen and oxygen atoms in total. The number of carbonyl (C=O) groups is 1. The van der Waals surface area contributed by atoms with E-state index in [4.69, 9.17) is 5.26 Å². The van der Waals surface area contributed by atoms with E-state index in [0.29, 0.717) is 0 Å². The molecule has 0 aromatic carbocycles. The highest BCUT2D eigenvalue weighted by Gasteiger charge is 2.20. The molecule has 11 heavy (non-hydrogen) atoms. The van der Waals surface area contributed by atoms with Gasteiger partial charge in [-0.3, -0.25) is 0 Å². The Morgan fingerprint density at radius 2 is 1.64 bits per heavy atom. The number of likely N-dealkylation sites (N-methyl/N-ethyl adjacent to an activating group) is 2. The van der Waals surface area contributed by atoms with Crippen LogP contribution in [0.4, 0.5) is 4.79 Å². The fourth-order valence-corrected chi connectivity index (χ4v) is 0.783. The summed E-state index contributed by atoms with van der Waals surface area (Å²) in [5, 5.41) is 7.32. The second-order valence-corrected chi connectivity index (χ2v) is 2.35. The normalized spacial score (nSPS) is 15.6. The number of rotatable bonds is 0. The lowest BCUT2D eigenvalue weighted by molar-refractivity contribution is 0.205. The molecule has 62 valence electrons. The molecule has 2 amide bonds. The van der Waals surface area contributed by atoms with Crippen LogP contribution in [0.25, 0.3) is 0 Å². The third kappa shape index (κ3) is 2.89. The Morgan fingerprint density at radius 3 is 1.73 bits per heavy atom. The first kappa shape index (κ1) is 9.76. The van der Waals surface area contributed by atoms with Gasteiger partial charge in [-0.15, -0.1) is 0 Å². The van der Waals surface area contributed by atoms with Crippen molar-refractivity contribution in [3.8, 4) is 6.07 Å². The molecule has 1 aliphatic rings. The molecule has 0 saturated carbocycles. The number of carbonyl (C=O) groups excluding carboxylic acids is 1. The molecular formula is C7H13N3O. The predicted octanol–water partition coefficient (Wildman–Crippen LogP) is 0.513. The van der Waals surface area contributed by atoms with Crippen LogP contribution in [0.15, 0.2) is 0 Å². The summed E-state index contributed by atoms with van der Waals surface area (Å²) in [6.45, 7) is 3.17. The minimum atomic E-state index is 0.130. The van der Waals surface area contributed by atoms with Crippen LogP contribution in [-0.4, -0.2) is 43.0 Å². The van der Waals surface area contributed by atoms with Crippen molar-refractivity contribution in [1.82, 2.24) is 9.80 Å². The van der Waals surface area contributed by atoms with Crippen LogP contribution in [0.2, 0.25) is 0 Å². The molecule has 0 aromatic rings. The Labute approximate surface area is 67.0 Å². The van der Waals surface area contributed by atoms with Gasteiger partial charge in [0, 0.05) is 34.1 Å². The smallest absolute Gasteiger partial charge is 0.319 e. The van der Waals surface area contributed by atoms with E-state index in [2.05, 4.69) is 0 Å². The highest BCUT2D eigenvalue weighted by Crippen LogP contribution is 2.00. The lowest BCUT2D eigenvalue weighted by Gasteiger charge is -2.07. The van der Waals surface area contributed by atoms with Crippen LogP contribution >= 0.6 is 0 Å². The Kier molecular flexibility index (Phi) is 4.04. The molecule has 1 saturated heterocycles. The van der Waals surface area contributed by atoms with E-state index in [1.165, 1.54) is 6.92 Å². The van der Waals surface area contributed by atoms with Crippen molar-refractivity contribution in [3.63, 3.8) is 0 Å². The van der Waals surface area contributed by atoms with Crippen LogP contribution in [0.1, 0.15) is 6.92 Å². The molecule has 0 aromatic heterocycles. The molecule has 0 N–H and O–H groups in total. The summed E-state index contributed by atoms with van der Waals surface area (Å²) >= 11 is 0. The second-order valence-electron chi connectivity index (χ2n) is 2.35. The highest BCUT2D eigenvalue weighted by molar-refractivity contribution is 5.75. The van der Waals surface area contributed by atoms with Crippen molar-refractivity contribution in [1.29, 1.82) is 5.26 Å². The van der Waals surface area contributed by atoms with E-state index in [0.717, 1.165) is 13.1 Å². The lowest BCUT2D eigenvalue weighted by atomic mass is 10.6. The van der Waals surface area contributed by atoms with Crippen molar-refractivity contribution >= 4 is 6.03 Å². The molecular weight excluding hydrogens is 142 g/mol. The van der Waals surface area contributed by atoms with E-state index < -0.39 is 0 Å². The summed E-state index contributed by atoms with van der Waals surface area (Å²) in [6.07, 6.45) is 0. The van der Waals surface area contributed by atoms with Gasteiger partial charge in [0.1, 0.15) is 0 Å². The van der Waals surface area contributed by atoms with Gasteiger partial charge in [-0.2, -0.15) is 5.26 Å². The largest absolute Gasteiger partial charge is 0.326 e. The third-order valence-electron chi connectivity index (χ3n) is 1.42.